The Morgan fingerprint density at radius 3 is 2.07 bits per heavy atom. The van der Waals surface area contributed by atoms with Gasteiger partial charge in [-0.25, -0.2) is 0 Å². The van der Waals surface area contributed by atoms with E-state index in [1.165, 1.54) is 44.9 Å². The normalized spacial score (nSPS) is 11.3. The summed E-state index contributed by atoms with van der Waals surface area (Å²) in [6, 6.07) is 13.6. The zero-order valence-corrected chi connectivity index (χ0v) is 18.0. The summed E-state index contributed by atoms with van der Waals surface area (Å²) in [5, 5.41) is 10.3. The fourth-order valence-corrected chi connectivity index (χ4v) is 4.86. The highest BCUT2D eigenvalue weighted by atomic mass is 32.1. The summed E-state index contributed by atoms with van der Waals surface area (Å²) in [5.74, 6) is 0.832. The van der Waals surface area contributed by atoms with E-state index in [-0.39, 0.29) is 5.43 Å². The highest BCUT2D eigenvalue weighted by molar-refractivity contribution is 7.24. The maximum atomic E-state index is 12.8. The van der Waals surface area contributed by atoms with Crippen LogP contribution in [0.1, 0.15) is 64.2 Å². The number of rotatable bonds is 13. The first-order valence-electron chi connectivity index (χ1n) is 11.0. The molecule has 3 nitrogen and oxygen atoms in total. The SMILES string of the molecule is O=c1c2ccccc2sc2c(OCCCCCCCCCCCCO)cccc12. The molecule has 0 atom stereocenters. The maximum Gasteiger partial charge on any atom is 0.196 e. The lowest BCUT2D eigenvalue weighted by molar-refractivity contribution is 0.282. The molecule has 0 aliphatic carbocycles. The average Bonchev–Trinajstić information content (AvgIpc) is 2.75. The zero-order valence-electron chi connectivity index (χ0n) is 17.2. The number of aliphatic hydroxyl groups is 1. The van der Waals surface area contributed by atoms with Gasteiger partial charge < -0.3 is 9.84 Å². The monoisotopic (exact) mass is 412 g/mol. The molecule has 3 rings (SSSR count). The van der Waals surface area contributed by atoms with Gasteiger partial charge in [0.05, 0.1) is 11.3 Å². The lowest BCUT2D eigenvalue weighted by Crippen LogP contribution is -2.03. The Morgan fingerprint density at radius 2 is 1.34 bits per heavy atom. The predicted molar refractivity (Wildman–Crippen MR) is 124 cm³/mol. The maximum absolute atomic E-state index is 12.8. The number of ether oxygens (including phenoxy) is 1. The van der Waals surface area contributed by atoms with Gasteiger partial charge in [0.25, 0.3) is 0 Å². The van der Waals surface area contributed by atoms with Gasteiger partial charge in [0.1, 0.15) is 5.75 Å². The minimum Gasteiger partial charge on any atom is -0.492 e. The van der Waals surface area contributed by atoms with Gasteiger partial charge in [-0.05, 0) is 37.1 Å². The zero-order chi connectivity index (χ0) is 20.3. The van der Waals surface area contributed by atoms with Gasteiger partial charge in [0.15, 0.2) is 5.43 Å². The second-order valence-electron chi connectivity index (χ2n) is 7.67. The van der Waals surface area contributed by atoms with Crippen molar-refractivity contribution in [1.82, 2.24) is 0 Å². The molecule has 0 fully saturated rings. The largest absolute Gasteiger partial charge is 0.492 e. The third-order valence-corrected chi connectivity index (χ3v) is 6.58. The fourth-order valence-electron chi connectivity index (χ4n) is 3.72. The van der Waals surface area contributed by atoms with E-state index in [4.69, 9.17) is 9.84 Å². The molecule has 0 aliphatic rings. The Hall–Kier alpha value is -1.91. The van der Waals surface area contributed by atoms with Crippen LogP contribution in [0.2, 0.25) is 0 Å². The van der Waals surface area contributed by atoms with Crippen LogP contribution in [0.15, 0.2) is 47.3 Å². The second kappa shape index (κ2) is 11.9. The van der Waals surface area contributed by atoms with E-state index in [1.54, 1.807) is 11.3 Å². The minimum absolute atomic E-state index is 0.0937. The molecule has 0 spiro atoms. The summed E-state index contributed by atoms with van der Waals surface area (Å²) < 4.78 is 8.02. The Kier molecular flexibility index (Phi) is 8.97. The van der Waals surface area contributed by atoms with Crippen molar-refractivity contribution in [2.45, 2.75) is 64.2 Å². The third-order valence-electron chi connectivity index (χ3n) is 5.38. The molecule has 29 heavy (non-hydrogen) atoms. The first-order chi connectivity index (χ1) is 14.3. The molecule has 0 radical (unpaired) electrons. The van der Waals surface area contributed by atoms with Crippen molar-refractivity contribution in [3.63, 3.8) is 0 Å². The van der Waals surface area contributed by atoms with E-state index in [1.807, 2.05) is 42.5 Å². The van der Waals surface area contributed by atoms with Gasteiger partial charge in [-0.2, -0.15) is 0 Å². The number of unbranched alkanes of at least 4 members (excludes halogenated alkanes) is 9. The average molecular weight is 413 g/mol. The van der Waals surface area contributed by atoms with E-state index < -0.39 is 0 Å². The molecule has 156 valence electrons. The van der Waals surface area contributed by atoms with Gasteiger partial charge in [0.2, 0.25) is 0 Å². The third kappa shape index (κ3) is 6.28. The van der Waals surface area contributed by atoms with Gasteiger partial charge >= 0.3 is 0 Å². The topological polar surface area (TPSA) is 46.5 Å². The van der Waals surface area contributed by atoms with Crippen molar-refractivity contribution in [3.8, 4) is 5.75 Å². The van der Waals surface area contributed by atoms with Gasteiger partial charge in [-0.15, -0.1) is 11.3 Å². The molecular formula is C25H32O3S. The van der Waals surface area contributed by atoms with Crippen LogP contribution in [0.5, 0.6) is 5.75 Å². The minimum atomic E-state index is 0.0937. The number of benzene rings is 2. The molecular weight excluding hydrogens is 380 g/mol. The molecule has 1 aromatic heterocycles. The highest BCUT2D eigenvalue weighted by Gasteiger charge is 2.09. The van der Waals surface area contributed by atoms with E-state index in [0.717, 1.165) is 45.2 Å². The van der Waals surface area contributed by atoms with Crippen molar-refractivity contribution in [1.29, 1.82) is 0 Å². The smallest absolute Gasteiger partial charge is 0.196 e. The van der Waals surface area contributed by atoms with Crippen LogP contribution in [-0.2, 0) is 0 Å². The lowest BCUT2D eigenvalue weighted by atomic mass is 10.1. The molecule has 4 heteroatoms. The summed E-state index contributed by atoms with van der Waals surface area (Å²) in [6.45, 7) is 1.03. The second-order valence-corrected chi connectivity index (χ2v) is 8.72. The Labute approximate surface area is 177 Å². The number of aliphatic hydroxyl groups excluding tert-OH is 1. The Morgan fingerprint density at radius 1 is 0.724 bits per heavy atom. The summed E-state index contributed by atoms with van der Waals surface area (Å²) in [7, 11) is 0. The van der Waals surface area contributed by atoms with Crippen molar-refractivity contribution in [2.24, 2.45) is 0 Å². The van der Waals surface area contributed by atoms with Crippen molar-refractivity contribution < 1.29 is 9.84 Å². The molecule has 0 saturated heterocycles. The van der Waals surface area contributed by atoms with Crippen molar-refractivity contribution >= 4 is 31.5 Å². The predicted octanol–water partition coefficient (Wildman–Crippen LogP) is 6.69. The summed E-state index contributed by atoms with van der Waals surface area (Å²) in [4.78, 5) is 12.8. The first-order valence-corrected chi connectivity index (χ1v) is 11.8. The molecule has 2 aromatic carbocycles. The van der Waals surface area contributed by atoms with Crippen LogP contribution in [0.3, 0.4) is 0 Å². The highest BCUT2D eigenvalue weighted by Crippen LogP contribution is 2.32. The fraction of sp³-hybridized carbons (Fsp3) is 0.480. The Balaban J connectivity index is 1.42. The molecule has 0 amide bonds. The van der Waals surface area contributed by atoms with Crippen LogP contribution in [0, 0.1) is 0 Å². The van der Waals surface area contributed by atoms with Crippen LogP contribution < -0.4 is 10.2 Å². The molecule has 0 bridgehead atoms. The van der Waals surface area contributed by atoms with Gasteiger partial charge in [0, 0.05) is 22.1 Å². The van der Waals surface area contributed by atoms with Crippen molar-refractivity contribution in [3.05, 3.63) is 52.7 Å². The van der Waals surface area contributed by atoms with Crippen LogP contribution in [0.25, 0.3) is 20.2 Å². The molecule has 0 aliphatic heterocycles. The summed E-state index contributed by atoms with van der Waals surface area (Å²) in [6.07, 6.45) is 12.1. The summed E-state index contributed by atoms with van der Waals surface area (Å²) in [5.41, 5.74) is 0.0937. The van der Waals surface area contributed by atoms with E-state index in [2.05, 4.69) is 0 Å². The Bertz CT molecular complexity index is 948. The number of hydrogen-bond acceptors (Lipinski definition) is 4. The molecule has 1 N–H and O–H groups in total. The number of fused-ring (bicyclic) bond motifs is 2. The molecule has 1 heterocycles. The molecule has 0 saturated carbocycles. The van der Waals surface area contributed by atoms with Crippen LogP contribution >= 0.6 is 11.3 Å². The lowest BCUT2D eigenvalue weighted by Gasteiger charge is -2.09. The van der Waals surface area contributed by atoms with Crippen molar-refractivity contribution in [2.75, 3.05) is 13.2 Å². The quantitative estimate of drug-likeness (QED) is 0.251. The summed E-state index contributed by atoms with van der Waals surface area (Å²) >= 11 is 1.64. The van der Waals surface area contributed by atoms with Gasteiger partial charge in [-0.3, -0.25) is 4.79 Å². The van der Waals surface area contributed by atoms with E-state index in [9.17, 15) is 4.79 Å². The first kappa shape index (κ1) is 21.8. The standard InChI is InChI=1S/C25H32O3S/c26-18-11-7-5-3-1-2-4-6-8-12-19-28-22-16-13-15-21-24(27)20-14-9-10-17-23(20)29-25(21)22/h9-10,13-17,26H,1-8,11-12,18-19H2. The van der Waals surface area contributed by atoms with Gasteiger partial charge in [-0.1, -0.05) is 69.6 Å². The molecule has 0 unspecified atom stereocenters. The van der Waals surface area contributed by atoms with Crippen LogP contribution in [0.4, 0.5) is 0 Å². The number of hydrogen-bond donors (Lipinski definition) is 1. The van der Waals surface area contributed by atoms with E-state index >= 15 is 0 Å². The molecule has 3 aromatic rings. The van der Waals surface area contributed by atoms with E-state index in [0.29, 0.717) is 13.2 Å². The van der Waals surface area contributed by atoms with Crippen LogP contribution in [-0.4, -0.2) is 18.3 Å².